The van der Waals surface area contributed by atoms with E-state index in [0.29, 0.717) is 18.7 Å². The van der Waals surface area contributed by atoms with E-state index < -0.39 is 11.7 Å². The molecule has 0 saturated carbocycles. The number of urea groups is 1. The van der Waals surface area contributed by atoms with Crippen molar-refractivity contribution in [1.82, 2.24) is 10.2 Å². The van der Waals surface area contributed by atoms with Crippen molar-refractivity contribution in [2.75, 3.05) is 6.54 Å². The third-order valence-electron chi connectivity index (χ3n) is 3.96. The van der Waals surface area contributed by atoms with Crippen molar-refractivity contribution in [3.05, 3.63) is 71.3 Å². The van der Waals surface area contributed by atoms with Gasteiger partial charge in [0.05, 0.1) is 5.56 Å². The average molecular weight is 364 g/mol. The lowest BCUT2D eigenvalue weighted by Gasteiger charge is -2.23. The molecule has 26 heavy (non-hydrogen) atoms. The summed E-state index contributed by atoms with van der Waals surface area (Å²) in [6, 6.07) is 14.2. The van der Waals surface area contributed by atoms with Crippen LogP contribution in [0, 0.1) is 0 Å². The number of halogens is 3. The lowest BCUT2D eigenvalue weighted by molar-refractivity contribution is -0.137. The van der Waals surface area contributed by atoms with Crippen LogP contribution in [-0.4, -0.2) is 17.5 Å². The van der Waals surface area contributed by atoms with Gasteiger partial charge < -0.3 is 10.2 Å². The number of carbonyl (C=O) groups excluding carboxylic acids is 1. The molecule has 0 spiro atoms. The van der Waals surface area contributed by atoms with Gasteiger partial charge in [-0.3, -0.25) is 0 Å². The van der Waals surface area contributed by atoms with Crippen molar-refractivity contribution in [2.45, 2.75) is 39.0 Å². The number of benzene rings is 2. The van der Waals surface area contributed by atoms with Crippen molar-refractivity contribution < 1.29 is 18.0 Å². The molecule has 0 aromatic heterocycles. The van der Waals surface area contributed by atoms with Gasteiger partial charge in [0.1, 0.15) is 0 Å². The third kappa shape index (κ3) is 6.10. The fraction of sp³-hybridized carbons (Fsp3) is 0.350. The summed E-state index contributed by atoms with van der Waals surface area (Å²) in [4.78, 5) is 14.1. The van der Waals surface area contributed by atoms with Gasteiger partial charge in [-0.1, -0.05) is 55.8 Å². The predicted molar refractivity (Wildman–Crippen MR) is 95.4 cm³/mol. The van der Waals surface area contributed by atoms with E-state index in [1.165, 1.54) is 12.1 Å². The van der Waals surface area contributed by atoms with E-state index in [0.717, 1.165) is 30.5 Å². The molecule has 0 aliphatic heterocycles. The number of carbonyl (C=O) groups is 1. The van der Waals surface area contributed by atoms with Crippen LogP contribution in [0.1, 0.15) is 36.5 Å². The van der Waals surface area contributed by atoms with Gasteiger partial charge in [-0.15, -0.1) is 0 Å². The van der Waals surface area contributed by atoms with E-state index >= 15 is 0 Å². The molecule has 2 rings (SSSR count). The maximum absolute atomic E-state index is 12.7. The number of amides is 2. The first-order valence-corrected chi connectivity index (χ1v) is 8.63. The quantitative estimate of drug-likeness (QED) is 0.672. The smallest absolute Gasteiger partial charge is 0.338 e. The summed E-state index contributed by atoms with van der Waals surface area (Å²) in [6.07, 6.45) is -2.51. The highest BCUT2D eigenvalue weighted by molar-refractivity contribution is 5.74. The van der Waals surface area contributed by atoms with Gasteiger partial charge in [-0.2, -0.15) is 13.2 Å². The Morgan fingerprint density at radius 1 is 0.962 bits per heavy atom. The summed E-state index contributed by atoms with van der Waals surface area (Å²) in [5.74, 6) is 0. The predicted octanol–water partition coefficient (Wildman–Crippen LogP) is 5.22. The van der Waals surface area contributed by atoms with Gasteiger partial charge in [0.25, 0.3) is 0 Å². The highest BCUT2D eigenvalue weighted by Crippen LogP contribution is 2.29. The van der Waals surface area contributed by atoms with E-state index in [2.05, 4.69) is 5.32 Å². The van der Waals surface area contributed by atoms with Crippen molar-refractivity contribution in [3.8, 4) is 0 Å². The van der Waals surface area contributed by atoms with E-state index in [-0.39, 0.29) is 12.6 Å². The first-order chi connectivity index (χ1) is 12.4. The molecule has 6 heteroatoms. The Morgan fingerprint density at radius 2 is 1.54 bits per heavy atom. The molecule has 0 aliphatic carbocycles. The number of nitrogens with zero attached hydrogens (tertiary/aromatic N) is 1. The molecule has 0 unspecified atom stereocenters. The topological polar surface area (TPSA) is 32.3 Å². The molecule has 140 valence electrons. The second kappa shape index (κ2) is 9.27. The standard InChI is InChI=1S/C20H23F3N2O/c1-2-3-13-24-19(26)25(14-16-7-5-4-6-8-16)15-17-9-11-18(12-10-17)20(21,22)23/h4-12H,2-3,13-15H2,1H3,(H,24,26). The summed E-state index contributed by atoms with van der Waals surface area (Å²) < 4.78 is 38.1. The van der Waals surface area contributed by atoms with Crippen LogP contribution in [0.15, 0.2) is 54.6 Å². The molecule has 2 aromatic carbocycles. The average Bonchev–Trinajstić information content (AvgIpc) is 2.62. The molecule has 0 aliphatic rings. The van der Waals surface area contributed by atoms with Crippen molar-refractivity contribution in [2.24, 2.45) is 0 Å². The first-order valence-electron chi connectivity index (χ1n) is 8.63. The fourth-order valence-electron chi connectivity index (χ4n) is 2.51. The zero-order valence-electron chi connectivity index (χ0n) is 14.7. The summed E-state index contributed by atoms with van der Waals surface area (Å²) >= 11 is 0. The van der Waals surface area contributed by atoms with Crippen LogP contribution >= 0.6 is 0 Å². The van der Waals surface area contributed by atoms with Crippen LogP contribution in [0.3, 0.4) is 0 Å². The Kier molecular flexibility index (Phi) is 7.06. The van der Waals surface area contributed by atoms with E-state index in [1.54, 1.807) is 4.90 Å². The number of unbranched alkanes of at least 4 members (excludes halogenated alkanes) is 1. The normalized spacial score (nSPS) is 11.2. The molecular formula is C20H23F3N2O. The largest absolute Gasteiger partial charge is 0.416 e. The Morgan fingerprint density at radius 3 is 2.08 bits per heavy atom. The Labute approximate surface area is 151 Å². The van der Waals surface area contributed by atoms with Gasteiger partial charge in [-0.05, 0) is 29.7 Å². The molecule has 0 saturated heterocycles. The number of hydrogen-bond donors (Lipinski definition) is 1. The molecule has 0 heterocycles. The Hall–Kier alpha value is -2.50. The highest BCUT2D eigenvalue weighted by Gasteiger charge is 2.30. The van der Waals surface area contributed by atoms with Crippen LogP contribution in [-0.2, 0) is 19.3 Å². The molecule has 2 aromatic rings. The lowest BCUT2D eigenvalue weighted by Crippen LogP contribution is -2.39. The summed E-state index contributed by atoms with van der Waals surface area (Å²) in [5.41, 5.74) is 0.924. The molecule has 0 fully saturated rings. The summed E-state index contributed by atoms with van der Waals surface area (Å²) in [5, 5.41) is 2.87. The zero-order valence-corrected chi connectivity index (χ0v) is 14.7. The van der Waals surface area contributed by atoms with Gasteiger partial charge in [-0.25, -0.2) is 4.79 Å². The van der Waals surface area contributed by atoms with Crippen LogP contribution in [0.2, 0.25) is 0 Å². The monoisotopic (exact) mass is 364 g/mol. The SMILES string of the molecule is CCCCNC(=O)N(Cc1ccccc1)Cc1ccc(C(F)(F)F)cc1. The highest BCUT2D eigenvalue weighted by atomic mass is 19.4. The number of hydrogen-bond acceptors (Lipinski definition) is 1. The van der Waals surface area contributed by atoms with Crippen LogP contribution < -0.4 is 5.32 Å². The van der Waals surface area contributed by atoms with Crippen LogP contribution in [0.5, 0.6) is 0 Å². The summed E-state index contributed by atoms with van der Waals surface area (Å²) in [6.45, 7) is 3.24. The van der Waals surface area contributed by atoms with Crippen molar-refractivity contribution >= 4 is 6.03 Å². The molecule has 1 N–H and O–H groups in total. The minimum atomic E-state index is -4.36. The van der Waals surface area contributed by atoms with Gasteiger partial charge >= 0.3 is 12.2 Å². The van der Waals surface area contributed by atoms with E-state index in [4.69, 9.17) is 0 Å². The van der Waals surface area contributed by atoms with Crippen molar-refractivity contribution in [3.63, 3.8) is 0 Å². The third-order valence-corrected chi connectivity index (χ3v) is 3.96. The molecular weight excluding hydrogens is 341 g/mol. The zero-order chi connectivity index (χ0) is 19.0. The van der Waals surface area contributed by atoms with E-state index in [1.807, 2.05) is 37.3 Å². The Balaban J connectivity index is 2.11. The van der Waals surface area contributed by atoms with Gasteiger partial charge in [0, 0.05) is 19.6 Å². The molecule has 2 amide bonds. The molecule has 0 radical (unpaired) electrons. The Bertz CT molecular complexity index is 684. The summed E-state index contributed by atoms with van der Waals surface area (Å²) in [7, 11) is 0. The van der Waals surface area contributed by atoms with Gasteiger partial charge in [0.2, 0.25) is 0 Å². The maximum Gasteiger partial charge on any atom is 0.416 e. The number of nitrogens with one attached hydrogen (secondary N) is 1. The second-order valence-electron chi connectivity index (χ2n) is 6.12. The minimum absolute atomic E-state index is 0.220. The number of rotatable bonds is 7. The molecule has 3 nitrogen and oxygen atoms in total. The maximum atomic E-state index is 12.7. The van der Waals surface area contributed by atoms with E-state index in [9.17, 15) is 18.0 Å². The molecule has 0 bridgehead atoms. The van der Waals surface area contributed by atoms with Crippen LogP contribution in [0.25, 0.3) is 0 Å². The second-order valence-corrected chi connectivity index (χ2v) is 6.12. The number of alkyl halides is 3. The lowest BCUT2D eigenvalue weighted by atomic mass is 10.1. The van der Waals surface area contributed by atoms with Crippen molar-refractivity contribution in [1.29, 1.82) is 0 Å². The van der Waals surface area contributed by atoms with Crippen LogP contribution in [0.4, 0.5) is 18.0 Å². The van der Waals surface area contributed by atoms with Gasteiger partial charge in [0.15, 0.2) is 0 Å². The fourth-order valence-corrected chi connectivity index (χ4v) is 2.51. The minimum Gasteiger partial charge on any atom is -0.338 e. The molecule has 0 atom stereocenters. The first kappa shape index (κ1) is 19.8.